The van der Waals surface area contributed by atoms with Crippen LogP contribution < -0.4 is 0 Å². The second-order valence-electron chi connectivity index (χ2n) is 6.18. The Labute approximate surface area is 103 Å². The van der Waals surface area contributed by atoms with Crippen molar-refractivity contribution in [2.75, 3.05) is 0 Å². The van der Waals surface area contributed by atoms with Crippen LogP contribution in [-0.4, -0.2) is 17.0 Å². The lowest BCUT2D eigenvalue weighted by Crippen LogP contribution is -2.54. The van der Waals surface area contributed by atoms with Crippen molar-refractivity contribution >= 4 is 5.78 Å². The fraction of sp³-hybridized carbons (Fsp3) is 0.667. The zero-order valence-corrected chi connectivity index (χ0v) is 11.0. The summed E-state index contributed by atoms with van der Waals surface area (Å²) in [7, 11) is 0. The number of ether oxygens (including phenoxy) is 1. The largest absolute Gasteiger partial charge is 0.352 e. The van der Waals surface area contributed by atoms with E-state index in [0.717, 1.165) is 18.4 Å². The van der Waals surface area contributed by atoms with Gasteiger partial charge in [-0.05, 0) is 38.7 Å². The number of allylic oxidation sites excluding steroid dienone is 1. The van der Waals surface area contributed by atoms with Crippen LogP contribution in [-0.2, 0) is 9.53 Å². The minimum Gasteiger partial charge on any atom is -0.352 e. The molecule has 0 aromatic rings. The number of carbonyl (C=O) groups is 1. The van der Waals surface area contributed by atoms with Gasteiger partial charge in [0.05, 0.1) is 5.60 Å². The molecule has 0 amide bonds. The molecule has 0 N–H and O–H groups in total. The van der Waals surface area contributed by atoms with Crippen molar-refractivity contribution < 1.29 is 9.53 Å². The number of Topliss-reactive ketones (excluding diaryl/α,β-unsaturated/α-hetero) is 1. The molecule has 3 rings (SSSR count). The molecular weight excluding hydrogens is 212 g/mol. The molecule has 2 heteroatoms. The summed E-state index contributed by atoms with van der Waals surface area (Å²) >= 11 is 0. The van der Waals surface area contributed by atoms with Gasteiger partial charge in [-0.2, -0.15) is 0 Å². The van der Waals surface area contributed by atoms with E-state index >= 15 is 0 Å². The molecule has 1 aliphatic carbocycles. The van der Waals surface area contributed by atoms with E-state index in [0.29, 0.717) is 0 Å². The molecule has 3 atom stereocenters. The minimum absolute atomic E-state index is 0.190. The molecule has 0 aromatic heterocycles. The van der Waals surface area contributed by atoms with E-state index < -0.39 is 5.60 Å². The van der Waals surface area contributed by atoms with Crippen molar-refractivity contribution in [3.63, 3.8) is 0 Å². The first-order valence-corrected chi connectivity index (χ1v) is 6.56. The van der Waals surface area contributed by atoms with Crippen LogP contribution in [0.1, 0.15) is 40.5 Å². The number of rotatable bonds is 1. The summed E-state index contributed by atoms with van der Waals surface area (Å²) in [5.74, 6) is 0.689. The second kappa shape index (κ2) is 3.11. The smallest absolute Gasteiger partial charge is 0.195 e. The fourth-order valence-corrected chi connectivity index (χ4v) is 3.68. The maximum absolute atomic E-state index is 12.7. The lowest BCUT2D eigenvalue weighted by molar-refractivity contribution is -0.168. The van der Waals surface area contributed by atoms with Crippen LogP contribution in [0.3, 0.4) is 0 Å². The van der Waals surface area contributed by atoms with Crippen molar-refractivity contribution in [3.8, 4) is 0 Å². The SMILES string of the molecule is CC1=C2C(=O)[C@@]3(C(C)C)C=C[C@](C)(O3)[C@H]2CC1. The topological polar surface area (TPSA) is 26.3 Å². The molecule has 0 aromatic carbocycles. The Morgan fingerprint density at radius 3 is 2.76 bits per heavy atom. The average Bonchev–Trinajstić information content (AvgIpc) is 2.78. The van der Waals surface area contributed by atoms with E-state index in [1.54, 1.807) is 0 Å². The molecule has 2 heterocycles. The van der Waals surface area contributed by atoms with Crippen LogP contribution in [0.15, 0.2) is 23.3 Å². The van der Waals surface area contributed by atoms with Crippen LogP contribution in [0.5, 0.6) is 0 Å². The van der Waals surface area contributed by atoms with E-state index in [-0.39, 0.29) is 23.2 Å². The van der Waals surface area contributed by atoms with Crippen molar-refractivity contribution in [2.24, 2.45) is 11.8 Å². The third kappa shape index (κ3) is 1.17. The van der Waals surface area contributed by atoms with E-state index in [9.17, 15) is 4.79 Å². The Bertz CT molecular complexity index is 458. The Balaban J connectivity index is 2.18. The number of ketones is 1. The highest BCUT2D eigenvalue weighted by Crippen LogP contribution is 2.54. The summed E-state index contributed by atoms with van der Waals surface area (Å²) in [6.07, 6.45) is 6.24. The van der Waals surface area contributed by atoms with Gasteiger partial charge in [-0.25, -0.2) is 0 Å². The number of fused-ring (bicyclic) bond motifs is 4. The lowest BCUT2D eigenvalue weighted by Gasteiger charge is -2.44. The highest BCUT2D eigenvalue weighted by Gasteiger charge is 2.60. The van der Waals surface area contributed by atoms with Crippen molar-refractivity contribution in [2.45, 2.75) is 51.7 Å². The molecule has 17 heavy (non-hydrogen) atoms. The zero-order valence-electron chi connectivity index (χ0n) is 11.0. The van der Waals surface area contributed by atoms with E-state index in [1.165, 1.54) is 5.57 Å². The summed E-state index contributed by atoms with van der Waals surface area (Å²) in [6, 6.07) is 0. The molecule has 92 valence electrons. The summed E-state index contributed by atoms with van der Waals surface area (Å²) < 4.78 is 6.21. The Morgan fingerprint density at radius 2 is 2.12 bits per heavy atom. The maximum Gasteiger partial charge on any atom is 0.195 e. The summed E-state index contributed by atoms with van der Waals surface area (Å²) in [4.78, 5) is 12.7. The average molecular weight is 232 g/mol. The summed E-state index contributed by atoms with van der Waals surface area (Å²) in [5.41, 5.74) is 1.40. The Morgan fingerprint density at radius 1 is 1.41 bits per heavy atom. The molecule has 2 nitrogen and oxygen atoms in total. The number of carbonyl (C=O) groups excluding carboxylic acids is 1. The number of hydrogen-bond acceptors (Lipinski definition) is 2. The minimum atomic E-state index is -0.688. The molecule has 0 saturated carbocycles. The Hall–Kier alpha value is -0.890. The quantitative estimate of drug-likeness (QED) is 0.649. The third-order valence-corrected chi connectivity index (χ3v) is 4.82. The molecular formula is C15H20O2. The van der Waals surface area contributed by atoms with Gasteiger partial charge < -0.3 is 4.74 Å². The fourth-order valence-electron chi connectivity index (χ4n) is 3.68. The van der Waals surface area contributed by atoms with Gasteiger partial charge in [-0.1, -0.05) is 25.5 Å². The summed E-state index contributed by atoms with van der Waals surface area (Å²) in [5, 5.41) is 0. The molecule has 2 bridgehead atoms. The molecule has 2 aliphatic heterocycles. The van der Waals surface area contributed by atoms with Gasteiger partial charge in [0.25, 0.3) is 0 Å². The van der Waals surface area contributed by atoms with Crippen LogP contribution in [0.25, 0.3) is 0 Å². The third-order valence-electron chi connectivity index (χ3n) is 4.82. The second-order valence-corrected chi connectivity index (χ2v) is 6.18. The molecule has 0 radical (unpaired) electrons. The van der Waals surface area contributed by atoms with Gasteiger partial charge in [0.2, 0.25) is 0 Å². The van der Waals surface area contributed by atoms with Gasteiger partial charge in [0.1, 0.15) is 0 Å². The lowest BCUT2D eigenvalue weighted by atomic mass is 9.75. The van der Waals surface area contributed by atoms with Crippen molar-refractivity contribution in [3.05, 3.63) is 23.3 Å². The maximum atomic E-state index is 12.7. The Kier molecular flexibility index (Phi) is 2.05. The van der Waals surface area contributed by atoms with E-state index in [2.05, 4.69) is 33.8 Å². The van der Waals surface area contributed by atoms with Crippen molar-refractivity contribution in [1.82, 2.24) is 0 Å². The van der Waals surface area contributed by atoms with Gasteiger partial charge in [0, 0.05) is 11.5 Å². The monoisotopic (exact) mass is 232 g/mol. The van der Waals surface area contributed by atoms with Crippen molar-refractivity contribution in [1.29, 1.82) is 0 Å². The van der Waals surface area contributed by atoms with E-state index in [1.807, 2.05) is 6.08 Å². The molecule has 1 saturated heterocycles. The zero-order chi connectivity index (χ0) is 12.4. The van der Waals surface area contributed by atoms with Crippen LogP contribution in [0, 0.1) is 11.8 Å². The van der Waals surface area contributed by atoms with Gasteiger partial charge in [-0.15, -0.1) is 0 Å². The van der Waals surface area contributed by atoms with Crippen LogP contribution in [0.2, 0.25) is 0 Å². The molecule has 3 aliphatic rings. The highest BCUT2D eigenvalue weighted by atomic mass is 16.5. The first-order valence-electron chi connectivity index (χ1n) is 6.56. The van der Waals surface area contributed by atoms with Crippen LogP contribution in [0.4, 0.5) is 0 Å². The van der Waals surface area contributed by atoms with E-state index in [4.69, 9.17) is 4.74 Å². The first-order chi connectivity index (χ1) is 7.91. The van der Waals surface area contributed by atoms with Crippen LogP contribution >= 0.6 is 0 Å². The molecule has 1 fully saturated rings. The normalized spacial score (nSPS) is 43.8. The standard InChI is InChI=1S/C15H20O2/c1-9(2)15-8-7-14(4,17-15)11-6-5-10(3)12(11)13(15)16/h7-9,11H,5-6H2,1-4H3/t11-,14-,15-/m0/s1. The first kappa shape index (κ1) is 11.2. The van der Waals surface area contributed by atoms with Gasteiger partial charge in [-0.3, -0.25) is 4.79 Å². The predicted molar refractivity (Wildman–Crippen MR) is 66.6 cm³/mol. The van der Waals surface area contributed by atoms with Gasteiger partial charge >= 0.3 is 0 Å². The molecule has 0 spiro atoms. The number of hydrogen-bond donors (Lipinski definition) is 0. The predicted octanol–water partition coefficient (Wildman–Crippen LogP) is 3.04. The highest BCUT2D eigenvalue weighted by molar-refractivity contribution is 6.06. The molecule has 0 unspecified atom stereocenters. The summed E-state index contributed by atoms with van der Waals surface area (Å²) in [6.45, 7) is 8.37. The van der Waals surface area contributed by atoms with Gasteiger partial charge in [0.15, 0.2) is 11.4 Å².